The first-order valence-electron chi connectivity index (χ1n) is 5.33. The molecule has 1 fully saturated rings. The zero-order valence-corrected chi connectivity index (χ0v) is 12.9. The Balaban J connectivity index is 0.00000162. The van der Waals surface area contributed by atoms with Crippen molar-refractivity contribution < 1.29 is 51.7 Å². The Kier molecular flexibility index (Phi) is 5.42. The molecule has 0 spiro atoms. The number of hydrogen-bond donors (Lipinski definition) is 0. The minimum absolute atomic E-state index is 0. The minimum Gasteiger partial charge on any atom is -0.742 e. The molecule has 8 heteroatoms. The van der Waals surface area contributed by atoms with Gasteiger partial charge in [-0.1, -0.05) is 0 Å². The molecule has 1 aromatic heterocycles. The molecule has 0 N–H and O–H groups in total. The van der Waals surface area contributed by atoms with E-state index in [2.05, 4.69) is 0 Å². The summed E-state index contributed by atoms with van der Waals surface area (Å²) in [6.45, 7) is 1.28. The molecule has 6 nitrogen and oxygen atoms in total. The van der Waals surface area contributed by atoms with Crippen LogP contribution in [0.25, 0.3) is 0 Å². The monoisotopic (exact) mass is 281 g/mol. The van der Waals surface area contributed by atoms with Crippen LogP contribution in [-0.2, 0) is 10.1 Å². The van der Waals surface area contributed by atoms with Crippen LogP contribution in [0.4, 0.5) is 0 Å². The van der Waals surface area contributed by atoms with Crippen LogP contribution in [0.3, 0.4) is 0 Å². The Morgan fingerprint density at radius 2 is 1.83 bits per heavy atom. The van der Waals surface area contributed by atoms with Gasteiger partial charge < -0.3 is 13.9 Å². The van der Waals surface area contributed by atoms with Gasteiger partial charge in [0.05, 0.1) is 0 Å². The van der Waals surface area contributed by atoms with Crippen LogP contribution >= 0.6 is 0 Å². The van der Waals surface area contributed by atoms with Crippen molar-refractivity contribution in [2.24, 2.45) is 0 Å². The van der Waals surface area contributed by atoms with E-state index in [1.165, 1.54) is 6.07 Å². The van der Waals surface area contributed by atoms with Crippen LogP contribution in [0.5, 0.6) is 0 Å². The molecule has 0 atom stereocenters. The molecule has 0 unspecified atom stereocenters. The topological polar surface area (TPSA) is 90.6 Å². The van der Waals surface area contributed by atoms with E-state index in [0.717, 1.165) is 25.3 Å². The third-order valence-electron chi connectivity index (χ3n) is 2.68. The maximum atomic E-state index is 11.9. The third-order valence-corrected chi connectivity index (χ3v) is 3.39. The van der Waals surface area contributed by atoms with Crippen LogP contribution < -0.4 is 29.6 Å². The van der Waals surface area contributed by atoms with Gasteiger partial charge in [0.1, 0.15) is 0 Å². The van der Waals surface area contributed by atoms with Gasteiger partial charge in [-0.2, -0.15) is 0 Å². The van der Waals surface area contributed by atoms with Gasteiger partial charge in [-0.3, -0.25) is 4.79 Å². The van der Waals surface area contributed by atoms with Crippen LogP contribution in [0.15, 0.2) is 21.6 Å². The average Bonchev–Trinajstić information content (AvgIpc) is 2.78. The summed E-state index contributed by atoms with van der Waals surface area (Å²) in [6, 6.07) is 2.24. The van der Waals surface area contributed by atoms with Gasteiger partial charge in [0.15, 0.2) is 15.9 Å². The van der Waals surface area contributed by atoms with Crippen LogP contribution in [0, 0.1) is 0 Å². The second kappa shape index (κ2) is 6.21. The molecular weight excluding hydrogens is 269 g/mol. The van der Waals surface area contributed by atoms with Crippen molar-refractivity contribution in [3.63, 3.8) is 0 Å². The first-order valence-corrected chi connectivity index (χ1v) is 6.74. The van der Waals surface area contributed by atoms with Crippen molar-refractivity contribution in [3.8, 4) is 0 Å². The molecule has 0 aliphatic carbocycles. The molecule has 1 saturated heterocycles. The molecule has 1 aliphatic rings. The summed E-state index contributed by atoms with van der Waals surface area (Å²) in [7, 11) is -4.63. The summed E-state index contributed by atoms with van der Waals surface area (Å²) in [6.07, 6.45) is 2.94. The predicted molar refractivity (Wildman–Crippen MR) is 56.4 cm³/mol. The number of nitrogens with zero attached hydrogens (tertiary/aromatic N) is 1. The largest absolute Gasteiger partial charge is 1.00 e. The number of amides is 1. The number of rotatable bonds is 2. The van der Waals surface area contributed by atoms with Crippen LogP contribution in [-0.4, -0.2) is 36.9 Å². The first-order chi connectivity index (χ1) is 7.98. The van der Waals surface area contributed by atoms with E-state index in [-0.39, 0.29) is 41.2 Å². The predicted octanol–water partition coefficient (Wildman–Crippen LogP) is -2.19. The van der Waals surface area contributed by atoms with Crippen LogP contribution in [0.1, 0.15) is 29.8 Å². The zero-order chi connectivity index (χ0) is 12.5. The van der Waals surface area contributed by atoms with Crippen LogP contribution in [0.2, 0.25) is 0 Å². The number of carbonyl (C=O) groups excluding carboxylic acids is 1. The zero-order valence-electron chi connectivity index (χ0n) is 10.1. The van der Waals surface area contributed by atoms with E-state index < -0.39 is 15.2 Å². The summed E-state index contributed by atoms with van der Waals surface area (Å²) in [5.41, 5.74) is 0. The van der Waals surface area contributed by atoms with Gasteiger partial charge >= 0.3 is 29.6 Å². The number of furan rings is 1. The number of carbonyl (C=O) groups is 1. The average molecular weight is 281 g/mol. The van der Waals surface area contributed by atoms with E-state index in [1.807, 2.05) is 0 Å². The van der Waals surface area contributed by atoms with E-state index in [4.69, 9.17) is 4.42 Å². The van der Waals surface area contributed by atoms with Gasteiger partial charge in [0, 0.05) is 13.1 Å². The number of likely N-dealkylation sites (tertiary alicyclic amines) is 1. The minimum atomic E-state index is -4.63. The van der Waals surface area contributed by atoms with E-state index >= 15 is 0 Å². The summed E-state index contributed by atoms with van der Waals surface area (Å²) >= 11 is 0. The molecule has 0 aromatic carbocycles. The molecule has 94 valence electrons. The van der Waals surface area contributed by atoms with Crippen molar-refractivity contribution in [1.29, 1.82) is 0 Å². The van der Waals surface area contributed by atoms with E-state index in [1.54, 1.807) is 4.90 Å². The Labute approximate surface area is 127 Å². The Morgan fingerprint density at radius 1 is 1.22 bits per heavy atom. The fourth-order valence-electron chi connectivity index (χ4n) is 1.82. The van der Waals surface area contributed by atoms with E-state index in [0.29, 0.717) is 13.1 Å². The molecule has 2 rings (SSSR count). The standard InChI is InChI=1S/C10H13NO5S.Na/c12-10(11-6-2-1-3-7-11)8-4-5-9(16-8)17(13,14)15;/h4-5H,1-3,6-7H2,(H,13,14,15);/q;+1/p-1. The van der Waals surface area contributed by atoms with Crippen molar-refractivity contribution in [2.75, 3.05) is 13.1 Å². The number of piperidine rings is 1. The molecule has 1 amide bonds. The quantitative estimate of drug-likeness (QED) is 0.454. The molecule has 0 bridgehead atoms. The summed E-state index contributed by atoms with van der Waals surface area (Å²) < 4.78 is 36.8. The molecular formula is C10H12NNaO5S. The fourth-order valence-corrected chi connectivity index (χ4v) is 2.25. The molecule has 2 heterocycles. The molecule has 1 aliphatic heterocycles. The van der Waals surface area contributed by atoms with Gasteiger partial charge in [-0.15, -0.1) is 0 Å². The Bertz CT molecular complexity index is 518. The summed E-state index contributed by atoms with van der Waals surface area (Å²) in [4.78, 5) is 13.5. The van der Waals surface area contributed by atoms with Crippen molar-refractivity contribution in [2.45, 2.75) is 24.4 Å². The maximum Gasteiger partial charge on any atom is 1.00 e. The van der Waals surface area contributed by atoms with E-state index in [9.17, 15) is 17.8 Å². The molecule has 18 heavy (non-hydrogen) atoms. The molecule has 0 saturated carbocycles. The van der Waals surface area contributed by atoms with Crippen molar-refractivity contribution >= 4 is 16.0 Å². The summed E-state index contributed by atoms with van der Waals surface area (Å²) in [5.74, 6) is -0.457. The van der Waals surface area contributed by atoms with Gasteiger partial charge in [-0.25, -0.2) is 8.42 Å². The Hall–Kier alpha value is -0.340. The van der Waals surface area contributed by atoms with Crippen molar-refractivity contribution in [1.82, 2.24) is 4.90 Å². The second-order valence-corrected chi connectivity index (χ2v) is 5.24. The SMILES string of the molecule is O=C(c1ccc(S(=O)(=O)[O-])o1)N1CCCCC1.[Na+]. The Morgan fingerprint density at radius 3 is 2.33 bits per heavy atom. The smallest absolute Gasteiger partial charge is 0.742 e. The maximum absolute atomic E-state index is 11.9. The third kappa shape index (κ3) is 3.58. The molecule has 1 aromatic rings. The van der Waals surface area contributed by atoms with Gasteiger partial charge in [0.25, 0.3) is 5.91 Å². The first kappa shape index (κ1) is 15.7. The molecule has 0 radical (unpaired) electrons. The van der Waals surface area contributed by atoms with Crippen molar-refractivity contribution in [3.05, 3.63) is 17.9 Å². The van der Waals surface area contributed by atoms with Gasteiger partial charge in [0.2, 0.25) is 5.09 Å². The second-order valence-electron chi connectivity index (χ2n) is 3.93. The van der Waals surface area contributed by atoms with Gasteiger partial charge in [-0.05, 0) is 31.4 Å². The number of hydrogen-bond acceptors (Lipinski definition) is 5. The normalized spacial score (nSPS) is 16.2. The summed E-state index contributed by atoms with van der Waals surface area (Å²) in [5, 5.41) is -0.710. The fraction of sp³-hybridized carbons (Fsp3) is 0.500.